The quantitative estimate of drug-likeness (QED) is 0.389. The van der Waals surface area contributed by atoms with Crippen LogP contribution in [0.2, 0.25) is 0 Å². The minimum absolute atomic E-state index is 0.288. The van der Waals surface area contributed by atoms with Gasteiger partial charge in [-0.3, -0.25) is 0 Å². The number of imidazole rings is 1. The summed E-state index contributed by atoms with van der Waals surface area (Å²) in [6.45, 7) is 8.73. The van der Waals surface area contributed by atoms with Crippen LogP contribution in [0.3, 0.4) is 0 Å². The van der Waals surface area contributed by atoms with Gasteiger partial charge in [0.2, 0.25) is 0 Å². The number of anilines is 1. The zero-order chi connectivity index (χ0) is 25.0. The van der Waals surface area contributed by atoms with Crippen molar-refractivity contribution in [2.75, 3.05) is 44.3 Å². The van der Waals surface area contributed by atoms with E-state index in [0.717, 1.165) is 79.2 Å². The fourth-order valence-electron chi connectivity index (χ4n) is 6.65. The summed E-state index contributed by atoms with van der Waals surface area (Å²) in [5, 5.41) is 16.4. The number of hydrogen-bond donors (Lipinski definition) is 2. The van der Waals surface area contributed by atoms with Crippen molar-refractivity contribution in [3.8, 4) is 28.3 Å². The summed E-state index contributed by atoms with van der Waals surface area (Å²) in [4.78, 5) is 7.76. The second-order valence-corrected chi connectivity index (χ2v) is 11.0. The van der Waals surface area contributed by atoms with Gasteiger partial charge in [-0.15, -0.1) is 0 Å². The Bertz CT molecular complexity index is 1440. The smallest absolute Gasteiger partial charge is 0.116 e. The Morgan fingerprint density at radius 2 is 1.78 bits per heavy atom. The van der Waals surface area contributed by atoms with E-state index in [2.05, 4.69) is 64.2 Å². The first-order valence-corrected chi connectivity index (χ1v) is 13.6. The summed E-state index contributed by atoms with van der Waals surface area (Å²) in [7, 11) is 0. The predicted octanol–water partition coefficient (Wildman–Crippen LogP) is 5.40. The molecule has 2 aliphatic heterocycles. The van der Waals surface area contributed by atoms with E-state index in [1.807, 2.05) is 18.2 Å². The molecule has 190 valence electrons. The van der Waals surface area contributed by atoms with Crippen molar-refractivity contribution in [1.82, 2.24) is 14.9 Å². The van der Waals surface area contributed by atoms with Crippen LogP contribution in [0.15, 0.2) is 60.7 Å². The van der Waals surface area contributed by atoms with Gasteiger partial charge in [0.25, 0.3) is 0 Å². The van der Waals surface area contributed by atoms with Gasteiger partial charge in [-0.25, -0.2) is 4.98 Å². The Morgan fingerprint density at radius 3 is 2.49 bits per heavy atom. The third-order valence-electron chi connectivity index (χ3n) is 8.66. The molecule has 4 aromatic rings. The van der Waals surface area contributed by atoms with E-state index in [-0.39, 0.29) is 5.75 Å². The first kappa shape index (κ1) is 22.8. The van der Waals surface area contributed by atoms with Gasteiger partial charge in [0.05, 0.1) is 24.6 Å². The number of rotatable bonds is 5. The molecular formula is C31H34N4O2. The minimum Gasteiger partial charge on any atom is -0.508 e. The molecule has 3 fully saturated rings. The number of hydrogen-bond acceptors (Lipinski definition) is 5. The van der Waals surface area contributed by atoms with Gasteiger partial charge in [0.1, 0.15) is 11.6 Å². The molecule has 1 aliphatic carbocycles. The monoisotopic (exact) mass is 494 g/mol. The van der Waals surface area contributed by atoms with Crippen LogP contribution in [-0.2, 0) is 11.3 Å². The summed E-state index contributed by atoms with van der Waals surface area (Å²) in [5.41, 5.74) is 5.98. The van der Waals surface area contributed by atoms with E-state index in [4.69, 9.17) is 9.72 Å². The third kappa shape index (κ3) is 3.82. The second kappa shape index (κ2) is 8.89. The Morgan fingerprint density at radius 1 is 1.03 bits per heavy atom. The highest BCUT2D eigenvalue weighted by atomic mass is 16.5. The fraction of sp³-hybridized carbons (Fsp3) is 0.387. The molecule has 0 bridgehead atoms. The summed E-state index contributed by atoms with van der Waals surface area (Å²) in [5.74, 6) is 1.95. The summed E-state index contributed by atoms with van der Waals surface area (Å²) in [6.07, 6.45) is 2.40. The van der Waals surface area contributed by atoms with Crippen molar-refractivity contribution in [3.63, 3.8) is 0 Å². The van der Waals surface area contributed by atoms with Crippen LogP contribution in [0.25, 0.3) is 33.3 Å². The van der Waals surface area contributed by atoms with Crippen molar-refractivity contribution in [3.05, 3.63) is 66.5 Å². The molecule has 3 aliphatic rings. The fourth-order valence-corrected chi connectivity index (χ4v) is 6.65. The highest BCUT2D eigenvalue weighted by Gasteiger charge is 2.50. The standard InChI is InChI=1S/C31H34N4O2/c1-2-35-29(27-16-25(36)15-22-5-3-4-6-26(22)27)28(33-30(35)23-17-31(18-23)19-32-20-31)21-7-9-24(10-8-21)34-11-13-37-14-12-34/h3-10,15-16,23,32,36H,2,11-14,17-20H2,1H3. The minimum atomic E-state index is 0.288. The van der Waals surface area contributed by atoms with Crippen molar-refractivity contribution in [2.45, 2.75) is 32.2 Å². The van der Waals surface area contributed by atoms with Gasteiger partial charge in [-0.05, 0) is 60.2 Å². The normalized spacial score (nSPS) is 19.2. The van der Waals surface area contributed by atoms with Crippen LogP contribution in [0.4, 0.5) is 5.69 Å². The molecule has 0 radical (unpaired) electrons. The van der Waals surface area contributed by atoms with E-state index in [1.165, 1.54) is 24.4 Å². The van der Waals surface area contributed by atoms with Gasteiger partial charge in [0, 0.05) is 55.5 Å². The summed E-state index contributed by atoms with van der Waals surface area (Å²) < 4.78 is 7.95. The number of aromatic hydroxyl groups is 1. The average molecular weight is 495 g/mol. The lowest BCUT2D eigenvalue weighted by Crippen LogP contribution is -2.59. The number of morpholine rings is 1. The summed E-state index contributed by atoms with van der Waals surface area (Å²) >= 11 is 0. The predicted molar refractivity (Wildman–Crippen MR) is 148 cm³/mol. The van der Waals surface area contributed by atoms with E-state index in [9.17, 15) is 5.11 Å². The third-order valence-corrected chi connectivity index (χ3v) is 8.66. The molecule has 2 N–H and O–H groups in total. The maximum absolute atomic E-state index is 10.7. The molecular weight excluding hydrogens is 460 g/mol. The molecule has 37 heavy (non-hydrogen) atoms. The van der Waals surface area contributed by atoms with Gasteiger partial charge in [-0.2, -0.15) is 0 Å². The molecule has 6 nitrogen and oxygen atoms in total. The van der Waals surface area contributed by atoms with Crippen LogP contribution in [0, 0.1) is 5.41 Å². The van der Waals surface area contributed by atoms with Crippen LogP contribution in [0.1, 0.15) is 31.5 Å². The van der Waals surface area contributed by atoms with Gasteiger partial charge in [-0.1, -0.05) is 36.4 Å². The highest BCUT2D eigenvalue weighted by Crippen LogP contribution is 2.54. The van der Waals surface area contributed by atoms with Crippen LogP contribution in [0.5, 0.6) is 5.75 Å². The molecule has 0 atom stereocenters. The maximum atomic E-state index is 10.7. The van der Waals surface area contributed by atoms with Crippen molar-refractivity contribution in [1.29, 1.82) is 0 Å². The van der Waals surface area contributed by atoms with E-state index < -0.39 is 0 Å². The topological polar surface area (TPSA) is 62.6 Å². The number of aromatic nitrogens is 2. The first-order valence-electron chi connectivity index (χ1n) is 13.6. The highest BCUT2D eigenvalue weighted by molar-refractivity contribution is 6.00. The molecule has 1 spiro atoms. The van der Waals surface area contributed by atoms with Crippen LogP contribution < -0.4 is 10.2 Å². The summed E-state index contributed by atoms with van der Waals surface area (Å²) in [6, 6.07) is 20.9. The number of benzene rings is 3. The maximum Gasteiger partial charge on any atom is 0.116 e. The molecule has 6 heteroatoms. The van der Waals surface area contributed by atoms with Crippen LogP contribution in [-0.4, -0.2) is 54.1 Å². The number of nitrogens with one attached hydrogen (secondary N) is 1. The largest absolute Gasteiger partial charge is 0.508 e. The molecule has 0 amide bonds. The lowest BCUT2D eigenvalue weighted by atomic mass is 9.58. The Hall–Kier alpha value is -3.35. The van der Waals surface area contributed by atoms with Crippen molar-refractivity contribution < 1.29 is 9.84 Å². The van der Waals surface area contributed by atoms with E-state index in [0.29, 0.717) is 11.3 Å². The molecule has 7 rings (SSSR count). The van der Waals surface area contributed by atoms with Crippen molar-refractivity contribution >= 4 is 16.5 Å². The molecule has 0 unspecified atom stereocenters. The molecule has 1 saturated carbocycles. The number of phenols is 1. The van der Waals surface area contributed by atoms with Crippen molar-refractivity contribution in [2.24, 2.45) is 5.41 Å². The Labute approximate surface area is 217 Å². The first-order chi connectivity index (χ1) is 18.1. The van der Waals surface area contributed by atoms with Gasteiger partial charge < -0.3 is 24.6 Å². The second-order valence-electron chi connectivity index (χ2n) is 11.0. The number of ether oxygens (including phenoxy) is 1. The average Bonchev–Trinajstić information content (AvgIpc) is 3.26. The molecule has 2 saturated heterocycles. The SMILES string of the molecule is CCn1c(C2CC3(CNC3)C2)nc(-c2ccc(N3CCOCC3)cc2)c1-c1cc(O)cc2ccccc12. The molecule has 3 heterocycles. The van der Waals surface area contributed by atoms with Crippen LogP contribution >= 0.6 is 0 Å². The Balaban J connectivity index is 1.37. The number of nitrogens with zero attached hydrogens (tertiary/aromatic N) is 3. The zero-order valence-electron chi connectivity index (χ0n) is 21.4. The lowest BCUT2D eigenvalue weighted by molar-refractivity contribution is 0.0319. The van der Waals surface area contributed by atoms with Gasteiger partial charge >= 0.3 is 0 Å². The van der Waals surface area contributed by atoms with Gasteiger partial charge in [0.15, 0.2) is 0 Å². The lowest BCUT2D eigenvalue weighted by Gasteiger charge is -2.54. The van der Waals surface area contributed by atoms with E-state index in [1.54, 1.807) is 0 Å². The Kier molecular flexibility index (Phi) is 5.48. The molecule has 3 aromatic carbocycles. The number of phenolic OH excluding ortho intramolecular Hbond substituents is 1. The molecule has 1 aromatic heterocycles. The zero-order valence-corrected chi connectivity index (χ0v) is 21.4. The number of fused-ring (bicyclic) bond motifs is 1. The van der Waals surface area contributed by atoms with E-state index >= 15 is 0 Å².